The van der Waals surface area contributed by atoms with E-state index in [9.17, 15) is 4.79 Å². The number of thiazole rings is 1. The van der Waals surface area contributed by atoms with Crippen molar-refractivity contribution >= 4 is 17.2 Å². The number of hydrogen-bond acceptors (Lipinski definition) is 6. The molecule has 0 saturated carbocycles. The first kappa shape index (κ1) is 19.9. The van der Waals surface area contributed by atoms with Gasteiger partial charge in [0.1, 0.15) is 16.7 Å². The topological polar surface area (TPSA) is 63.7 Å². The summed E-state index contributed by atoms with van der Waals surface area (Å²) in [6.07, 6.45) is 2.64. The number of benzene rings is 1. The molecule has 1 aromatic carbocycles. The number of rotatable bonds is 7. The zero-order chi connectivity index (χ0) is 19.3. The van der Waals surface area contributed by atoms with E-state index >= 15 is 0 Å². The SMILES string of the molecule is CO[C@@H]1CCN(CC(=O)NC(c2ccccc2)c2nccs2)C[C@]1(C)OC. The van der Waals surface area contributed by atoms with Gasteiger partial charge in [-0.3, -0.25) is 9.69 Å². The van der Waals surface area contributed by atoms with Crippen LogP contribution in [-0.4, -0.2) is 61.3 Å². The van der Waals surface area contributed by atoms with Crippen LogP contribution in [-0.2, 0) is 14.3 Å². The quantitative estimate of drug-likeness (QED) is 0.788. The highest BCUT2D eigenvalue weighted by Gasteiger charge is 2.40. The molecular formula is C20H27N3O3S. The van der Waals surface area contributed by atoms with Crippen LogP contribution in [0.15, 0.2) is 41.9 Å². The van der Waals surface area contributed by atoms with Crippen molar-refractivity contribution < 1.29 is 14.3 Å². The van der Waals surface area contributed by atoms with Crippen LogP contribution >= 0.6 is 11.3 Å². The van der Waals surface area contributed by atoms with Gasteiger partial charge in [-0.1, -0.05) is 30.3 Å². The first-order chi connectivity index (χ1) is 13.1. The Hall–Kier alpha value is -1.80. The zero-order valence-electron chi connectivity index (χ0n) is 16.1. The van der Waals surface area contributed by atoms with E-state index in [0.717, 1.165) is 23.5 Å². The monoisotopic (exact) mass is 389 g/mol. The number of methoxy groups -OCH3 is 2. The first-order valence-electron chi connectivity index (χ1n) is 9.09. The average Bonchev–Trinajstić information content (AvgIpc) is 3.21. The maximum atomic E-state index is 12.8. The molecule has 3 rings (SSSR count). The van der Waals surface area contributed by atoms with E-state index in [1.165, 1.54) is 0 Å². The summed E-state index contributed by atoms with van der Waals surface area (Å²) in [7, 11) is 3.41. The third kappa shape index (κ3) is 4.73. The second-order valence-corrected chi connectivity index (χ2v) is 7.95. The van der Waals surface area contributed by atoms with Crippen LogP contribution in [0.4, 0.5) is 0 Å². The molecule has 0 radical (unpaired) electrons. The van der Waals surface area contributed by atoms with Crippen LogP contribution in [0.5, 0.6) is 0 Å². The molecule has 2 aromatic rings. The maximum absolute atomic E-state index is 12.8. The van der Waals surface area contributed by atoms with Gasteiger partial charge in [0.15, 0.2) is 0 Å². The highest BCUT2D eigenvalue weighted by Crippen LogP contribution is 2.27. The molecule has 1 fully saturated rings. The van der Waals surface area contributed by atoms with Gasteiger partial charge in [-0.05, 0) is 18.9 Å². The molecule has 27 heavy (non-hydrogen) atoms. The van der Waals surface area contributed by atoms with Gasteiger partial charge in [-0.25, -0.2) is 4.98 Å². The van der Waals surface area contributed by atoms with Crippen molar-refractivity contribution in [1.29, 1.82) is 0 Å². The minimum Gasteiger partial charge on any atom is -0.378 e. The van der Waals surface area contributed by atoms with Gasteiger partial charge in [0, 0.05) is 38.9 Å². The van der Waals surface area contributed by atoms with Crippen molar-refractivity contribution in [2.75, 3.05) is 33.9 Å². The fraction of sp³-hybridized carbons (Fsp3) is 0.500. The molecule has 0 bridgehead atoms. The molecular weight excluding hydrogens is 362 g/mol. The van der Waals surface area contributed by atoms with Crippen LogP contribution in [0.2, 0.25) is 0 Å². The van der Waals surface area contributed by atoms with E-state index in [1.54, 1.807) is 31.8 Å². The summed E-state index contributed by atoms with van der Waals surface area (Å²) in [6, 6.07) is 9.71. The summed E-state index contributed by atoms with van der Waals surface area (Å²) < 4.78 is 11.3. The molecule has 6 nitrogen and oxygen atoms in total. The van der Waals surface area contributed by atoms with Crippen LogP contribution in [0.25, 0.3) is 0 Å². The zero-order valence-corrected chi connectivity index (χ0v) is 16.9. The van der Waals surface area contributed by atoms with Crippen molar-refractivity contribution in [3.63, 3.8) is 0 Å². The number of likely N-dealkylation sites (tertiary alicyclic amines) is 1. The molecule has 3 atom stereocenters. The molecule has 1 N–H and O–H groups in total. The van der Waals surface area contributed by atoms with E-state index in [4.69, 9.17) is 9.47 Å². The number of nitrogens with zero attached hydrogens (tertiary/aromatic N) is 2. The number of carbonyl (C=O) groups is 1. The predicted molar refractivity (Wildman–Crippen MR) is 106 cm³/mol. The fourth-order valence-corrected chi connectivity index (χ4v) is 4.36. The molecule has 1 saturated heterocycles. The second kappa shape index (κ2) is 8.93. The summed E-state index contributed by atoms with van der Waals surface area (Å²) in [4.78, 5) is 19.3. The Labute approximate surface area is 164 Å². The largest absolute Gasteiger partial charge is 0.378 e. The van der Waals surface area contributed by atoms with Gasteiger partial charge in [-0.15, -0.1) is 11.3 Å². The minimum absolute atomic E-state index is 0.0200. The van der Waals surface area contributed by atoms with Crippen LogP contribution in [0, 0.1) is 0 Å². The Bertz CT molecular complexity index is 725. The van der Waals surface area contributed by atoms with Crippen molar-refractivity contribution in [3.05, 3.63) is 52.5 Å². The van der Waals surface area contributed by atoms with E-state index in [1.807, 2.05) is 42.6 Å². The summed E-state index contributed by atoms with van der Waals surface area (Å²) in [5.74, 6) is -0.0200. The van der Waals surface area contributed by atoms with Crippen molar-refractivity contribution in [3.8, 4) is 0 Å². The molecule has 0 spiro atoms. The first-order valence-corrected chi connectivity index (χ1v) is 9.97. The third-order valence-corrected chi connectivity index (χ3v) is 6.02. The van der Waals surface area contributed by atoms with E-state index in [2.05, 4.69) is 15.2 Å². The van der Waals surface area contributed by atoms with Crippen LogP contribution in [0.1, 0.15) is 30.0 Å². The summed E-state index contributed by atoms with van der Waals surface area (Å²) in [6.45, 7) is 3.82. The van der Waals surface area contributed by atoms with Gasteiger partial charge in [0.2, 0.25) is 5.91 Å². The number of amides is 1. The van der Waals surface area contributed by atoms with Gasteiger partial charge >= 0.3 is 0 Å². The standard InChI is InChI=1S/C20H27N3O3S/c1-20(26-3)14-23(11-9-16(20)25-2)13-17(24)22-18(19-21-10-12-27-19)15-7-5-4-6-8-15/h4-8,10,12,16,18H,9,11,13-14H2,1-3H3,(H,22,24)/t16-,18?,20+/m1/s1. The Morgan fingerprint density at radius 3 is 2.81 bits per heavy atom. The minimum atomic E-state index is -0.415. The number of carbonyl (C=O) groups excluding carboxylic acids is 1. The highest BCUT2D eigenvalue weighted by molar-refractivity contribution is 7.09. The molecule has 1 aliphatic heterocycles. The van der Waals surface area contributed by atoms with Gasteiger partial charge in [-0.2, -0.15) is 0 Å². The fourth-order valence-electron chi connectivity index (χ4n) is 3.65. The van der Waals surface area contributed by atoms with Crippen LogP contribution in [0.3, 0.4) is 0 Å². The van der Waals surface area contributed by atoms with E-state index in [0.29, 0.717) is 13.1 Å². The van der Waals surface area contributed by atoms with Gasteiger partial charge < -0.3 is 14.8 Å². The van der Waals surface area contributed by atoms with Crippen molar-refractivity contribution in [1.82, 2.24) is 15.2 Å². The Morgan fingerprint density at radius 1 is 1.41 bits per heavy atom. The molecule has 7 heteroatoms. The summed E-state index contributed by atoms with van der Waals surface area (Å²) in [5, 5.41) is 5.96. The van der Waals surface area contributed by atoms with Crippen LogP contribution < -0.4 is 5.32 Å². The van der Waals surface area contributed by atoms with E-state index < -0.39 is 5.60 Å². The van der Waals surface area contributed by atoms with Crippen molar-refractivity contribution in [2.24, 2.45) is 0 Å². The Kier molecular flexibility index (Phi) is 6.59. The number of hydrogen-bond donors (Lipinski definition) is 1. The summed E-state index contributed by atoms with van der Waals surface area (Å²) in [5.41, 5.74) is 0.613. The molecule has 2 heterocycles. The second-order valence-electron chi connectivity index (χ2n) is 7.02. The number of ether oxygens (including phenoxy) is 2. The molecule has 1 unspecified atom stereocenters. The number of aromatic nitrogens is 1. The lowest BCUT2D eigenvalue weighted by Gasteiger charge is -2.44. The molecule has 146 valence electrons. The molecule has 0 aliphatic carbocycles. The van der Waals surface area contributed by atoms with E-state index in [-0.39, 0.29) is 18.1 Å². The lowest BCUT2D eigenvalue weighted by atomic mass is 9.91. The van der Waals surface area contributed by atoms with Crippen molar-refractivity contribution in [2.45, 2.75) is 31.1 Å². The smallest absolute Gasteiger partial charge is 0.235 e. The number of nitrogens with one attached hydrogen (secondary N) is 1. The lowest BCUT2D eigenvalue weighted by Crippen LogP contribution is -2.58. The molecule has 1 aromatic heterocycles. The van der Waals surface area contributed by atoms with Gasteiger partial charge in [0.25, 0.3) is 0 Å². The molecule has 1 aliphatic rings. The number of piperidine rings is 1. The van der Waals surface area contributed by atoms with Gasteiger partial charge in [0.05, 0.1) is 12.6 Å². The maximum Gasteiger partial charge on any atom is 0.235 e. The molecule has 1 amide bonds. The summed E-state index contributed by atoms with van der Waals surface area (Å²) >= 11 is 1.54. The normalized spacial score (nSPS) is 24.5. The average molecular weight is 390 g/mol. The predicted octanol–water partition coefficient (Wildman–Crippen LogP) is 2.47. The Balaban J connectivity index is 1.67. The Morgan fingerprint density at radius 2 is 2.19 bits per heavy atom. The highest BCUT2D eigenvalue weighted by atomic mass is 32.1. The lowest BCUT2D eigenvalue weighted by molar-refractivity contribution is -0.148. The third-order valence-electron chi connectivity index (χ3n) is 5.18.